The smallest absolute Gasteiger partial charge is 0.223 e. The summed E-state index contributed by atoms with van der Waals surface area (Å²) < 4.78 is 5.74. The fourth-order valence-corrected chi connectivity index (χ4v) is 2.85. The highest BCUT2D eigenvalue weighted by Gasteiger charge is 2.42. The van der Waals surface area contributed by atoms with Crippen LogP contribution in [0.4, 0.5) is 0 Å². The molecular weight excluding hydrogens is 216 g/mol. The van der Waals surface area contributed by atoms with Crippen LogP contribution in [0.5, 0.6) is 0 Å². The van der Waals surface area contributed by atoms with Gasteiger partial charge in [-0.1, -0.05) is 6.92 Å². The number of carbonyl (C=O) groups excluding carboxylic acids is 1. The first kappa shape index (κ1) is 11.5. The molecule has 0 spiro atoms. The number of nitrogens with one attached hydrogen (secondary N) is 2. The zero-order chi connectivity index (χ0) is 11.8. The molecule has 3 aliphatic rings. The number of rotatable bonds is 4. The van der Waals surface area contributed by atoms with Crippen molar-refractivity contribution >= 4 is 5.91 Å². The molecule has 3 fully saturated rings. The van der Waals surface area contributed by atoms with E-state index >= 15 is 0 Å². The van der Waals surface area contributed by atoms with E-state index in [1.807, 2.05) is 6.92 Å². The van der Waals surface area contributed by atoms with E-state index in [1.54, 1.807) is 0 Å². The molecule has 4 nitrogen and oxygen atoms in total. The predicted octanol–water partition coefficient (Wildman–Crippen LogP) is 0.526. The first-order valence-corrected chi connectivity index (χ1v) is 6.88. The van der Waals surface area contributed by atoms with Crippen LogP contribution in [-0.4, -0.2) is 37.7 Å². The van der Waals surface area contributed by atoms with Gasteiger partial charge in [-0.2, -0.15) is 0 Å². The molecule has 0 aromatic heterocycles. The Morgan fingerprint density at radius 3 is 2.71 bits per heavy atom. The van der Waals surface area contributed by atoms with Gasteiger partial charge in [0.1, 0.15) is 0 Å². The van der Waals surface area contributed by atoms with Gasteiger partial charge in [0.05, 0.1) is 12.1 Å². The fourth-order valence-electron chi connectivity index (χ4n) is 2.85. The number of amides is 1. The Morgan fingerprint density at radius 2 is 2.12 bits per heavy atom. The Kier molecular flexibility index (Phi) is 3.09. The predicted molar refractivity (Wildman–Crippen MR) is 64.5 cm³/mol. The molecule has 4 heteroatoms. The molecule has 0 radical (unpaired) electrons. The largest absolute Gasteiger partial charge is 0.376 e. The highest BCUT2D eigenvalue weighted by atomic mass is 16.5. The zero-order valence-electron chi connectivity index (χ0n) is 10.4. The molecule has 96 valence electrons. The van der Waals surface area contributed by atoms with Crippen molar-refractivity contribution in [1.82, 2.24) is 10.6 Å². The molecule has 0 aromatic rings. The second-order valence-electron chi connectivity index (χ2n) is 5.78. The van der Waals surface area contributed by atoms with Gasteiger partial charge in [-0.05, 0) is 44.2 Å². The summed E-state index contributed by atoms with van der Waals surface area (Å²) >= 11 is 0. The molecule has 1 aliphatic carbocycles. The van der Waals surface area contributed by atoms with Crippen LogP contribution in [0.1, 0.15) is 26.2 Å². The molecule has 1 amide bonds. The molecule has 2 saturated heterocycles. The summed E-state index contributed by atoms with van der Waals surface area (Å²) in [5.74, 6) is 1.59. The van der Waals surface area contributed by atoms with E-state index in [0.717, 1.165) is 26.1 Å². The molecule has 3 atom stereocenters. The van der Waals surface area contributed by atoms with E-state index in [2.05, 4.69) is 10.6 Å². The van der Waals surface area contributed by atoms with Crippen molar-refractivity contribution in [2.24, 2.45) is 17.8 Å². The van der Waals surface area contributed by atoms with E-state index in [0.29, 0.717) is 17.9 Å². The lowest BCUT2D eigenvalue weighted by Crippen LogP contribution is -2.52. The Labute approximate surface area is 102 Å². The molecule has 3 unspecified atom stereocenters. The van der Waals surface area contributed by atoms with Crippen molar-refractivity contribution in [3.63, 3.8) is 0 Å². The zero-order valence-corrected chi connectivity index (χ0v) is 10.4. The number of hydrogen-bond acceptors (Lipinski definition) is 3. The Hall–Kier alpha value is -0.610. The Balaban J connectivity index is 1.52. The van der Waals surface area contributed by atoms with E-state index in [4.69, 9.17) is 4.74 Å². The van der Waals surface area contributed by atoms with E-state index in [-0.39, 0.29) is 17.9 Å². The maximum Gasteiger partial charge on any atom is 0.223 e. The van der Waals surface area contributed by atoms with Gasteiger partial charge in [0.15, 0.2) is 0 Å². The van der Waals surface area contributed by atoms with Crippen LogP contribution in [0.15, 0.2) is 0 Å². The molecule has 1 saturated carbocycles. The quantitative estimate of drug-likeness (QED) is 0.751. The van der Waals surface area contributed by atoms with Crippen molar-refractivity contribution in [2.75, 3.05) is 19.7 Å². The van der Waals surface area contributed by atoms with Gasteiger partial charge >= 0.3 is 0 Å². The lowest BCUT2D eigenvalue weighted by molar-refractivity contribution is -0.127. The molecule has 2 heterocycles. The summed E-state index contributed by atoms with van der Waals surface area (Å²) in [5.41, 5.74) is 0. The first-order valence-electron chi connectivity index (χ1n) is 6.88. The lowest BCUT2D eigenvalue weighted by Gasteiger charge is -2.32. The van der Waals surface area contributed by atoms with E-state index in [1.165, 1.54) is 12.8 Å². The van der Waals surface area contributed by atoms with Crippen LogP contribution in [-0.2, 0) is 9.53 Å². The third-order valence-electron chi connectivity index (χ3n) is 4.48. The minimum Gasteiger partial charge on any atom is -0.376 e. The van der Waals surface area contributed by atoms with E-state index < -0.39 is 0 Å². The molecule has 0 bridgehead atoms. The standard InChI is InChI=1S/C13H22N2O2/c1-8(10-6-14-7-10)13(16)15-11-4-5-17-12(11)9-2-3-9/h8-12,14H,2-7H2,1H3,(H,15,16). The summed E-state index contributed by atoms with van der Waals surface area (Å²) in [7, 11) is 0. The normalized spacial score (nSPS) is 35.4. The number of ether oxygens (including phenoxy) is 1. The SMILES string of the molecule is CC(C(=O)NC1CCOC1C1CC1)C1CNC1. The van der Waals surface area contributed by atoms with E-state index in [9.17, 15) is 4.79 Å². The molecular formula is C13H22N2O2. The van der Waals surface area contributed by atoms with Crippen molar-refractivity contribution in [3.05, 3.63) is 0 Å². The summed E-state index contributed by atoms with van der Waals surface area (Å²) in [5, 5.41) is 6.43. The second-order valence-corrected chi connectivity index (χ2v) is 5.78. The van der Waals surface area contributed by atoms with Gasteiger partial charge < -0.3 is 15.4 Å². The Morgan fingerprint density at radius 1 is 1.35 bits per heavy atom. The topological polar surface area (TPSA) is 50.4 Å². The van der Waals surface area contributed by atoms with Crippen LogP contribution >= 0.6 is 0 Å². The minimum atomic E-state index is 0.136. The monoisotopic (exact) mass is 238 g/mol. The third kappa shape index (κ3) is 2.33. The molecule has 3 rings (SSSR count). The second kappa shape index (κ2) is 4.58. The number of hydrogen-bond donors (Lipinski definition) is 2. The maximum atomic E-state index is 12.1. The first-order chi connectivity index (χ1) is 8.25. The van der Waals surface area contributed by atoms with Gasteiger partial charge in [0.2, 0.25) is 5.91 Å². The molecule has 2 aliphatic heterocycles. The summed E-state index contributed by atoms with van der Waals surface area (Å²) in [6, 6.07) is 0.269. The highest BCUT2D eigenvalue weighted by Crippen LogP contribution is 2.38. The average molecular weight is 238 g/mol. The van der Waals surface area contributed by atoms with Crippen molar-refractivity contribution in [3.8, 4) is 0 Å². The fraction of sp³-hybridized carbons (Fsp3) is 0.923. The summed E-state index contributed by atoms with van der Waals surface area (Å²) in [6.45, 7) is 4.83. The summed E-state index contributed by atoms with van der Waals surface area (Å²) in [6.07, 6.45) is 3.84. The van der Waals surface area contributed by atoms with Crippen LogP contribution < -0.4 is 10.6 Å². The van der Waals surface area contributed by atoms with Gasteiger partial charge in [0, 0.05) is 12.5 Å². The Bertz CT molecular complexity index is 300. The van der Waals surface area contributed by atoms with Gasteiger partial charge in [-0.3, -0.25) is 4.79 Å². The van der Waals surface area contributed by atoms with Crippen molar-refractivity contribution in [2.45, 2.75) is 38.3 Å². The van der Waals surface area contributed by atoms with Crippen molar-refractivity contribution in [1.29, 1.82) is 0 Å². The average Bonchev–Trinajstić information content (AvgIpc) is 2.97. The van der Waals surface area contributed by atoms with Crippen molar-refractivity contribution < 1.29 is 9.53 Å². The maximum absolute atomic E-state index is 12.1. The van der Waals surface area contributed by atoms with Crippen LogP contribution in [0, 0.1) is 17.8 Å². The molecule has 0 aromatic carbocycles. The number of carbonyl (C=O) groups is 1. The molecule has 2 N–H and O–H groups in total. The third-order valence-corrected chi connectivity index (χ3v) is 4.48. The van der Waals surface area contributed by atoms with Gasteiger partial charge in [-0.15, -0.1) is 0 Å². The van der Waals surface area contributed by atoms with Crippen LogP contribution in [0.2, 0.25) is 0 Å². The lowest BCUT2D eigenvalue weighted by atomic mass is 9.88. The summed E-state index contributed by atoms with van der Waals surface area (Å²) in [4.78, 5) is 12.1. The molecule has 17 heavy (non-hydrogen) atoms. The van der Waals surface area contributed by atoms with Gasteiger partial charge in [-0.25, -0.2) is 0 Å². The van der Waals surface area contributed by atoms with Gasteiger partial charge in [0.25, 0.3) is 0 Å². The minimum absolute atomic E-state index is 0.136. The van der Waals surface area contributed by atoms with Crippen LogP contribution in [0.3, 0.4) is 0 Å². The highest BCUT2D eigenvalue weighted by molar-refractivity contribution is 5.79. The van der Waals surface area contributed by atoms with Crippen LogP contribution in [0.25, 0.3) is 0 Å².